The van der Waals surface area contributed by atoms with Gasteiger partial charge in [0.1, 0.15) is 17.8 Å². The SMILES string of the molecule is COc1ccc(NC(=O)C(C)OC(=O)CCc2c(C)nc3ncnn3c2C)c([N+](=O)[O-])c1. The average Bonchev–Trinajstić information content (AvgIpc) is 3.22. The number of aryl methyl sites for hydroxylation is 2. The second kappa shape index (κ2) is 9.37. The Morgan fingerprint density at radius 2 is 2.06 bits per heavy atom. The number of nitro groups is 1. The van der Waals surface area contributed by atoms with Gasteiger partial charge in [0.2, 0.25) is 0 Å². The minimum absolute atomic E-state index is 0.0177. The number of hydrogen-bond acceptors (Lipinski definition) is 9. The van der Waals surface area contributed by atoms with Crippen molar-refractivity contribution in [1.29, 1.82) is 0 Å². The molecule has 168 valence electrons. The highest BCUT2D eigenvalue weighted by Gasteiger charge is 2.23. The number of fused-ring (bicyclic) bond motifs is 1. The smallest absolute Gasteiger partial charge is 0.306 e. The van der Waals surface area contributed by atoms with Gasteiger partial charge < -0.3 is 14.8 Å². The van der Waals surface area contributed by atoms with Gasteiger partial charge in [-0.05, 0) is 44.9 Å². The van der Waals surface area contributed by atoms with Gasteiger partial charge in [-0.25, -0.2) is 9.50 Å². The van der Waals surface area contributed by atoms with E-state index in [1.54, 1.807) is 4.52 Å². The summed E-state index contributed by atoms with van der Waals surface area (Å²) in [5, 5.41) is 17.8. The number of esters is 1. The zero-order valence-electron chi connectivity index (χ0n) is 18.0. The molecule has 1 unspecified atom stereocenters. The molecule has 12 nitrogen and oxygen atoms in total. The highest BCUT2D eigenvalue weighted by Crippen LogP contribution is 2.29. The fourth-order valence-electron chi connectivity index (χ4n) is 3.18. The van der Waals surface area contributed by atoms with Crippen LogP contribution in [-0.4, -0.2) is 49.6 Å². The number of carbonyl (C=O) groups excluding carboxylic acids is 2. The summed E-state index contributed by atoms with van der Waals surface area (Å²) in [7, 11) is 1.38. The van der Waals surface area contributed by atoms with Crippen molar-refractivity contribution in [3.63, 3.8) is 0 Å². The van der Waals surface area contributed by atoms with E-state index in [2.05, 4.69) is 20.4 Å². The van der Waals surface area contributed by atoms with Crippen LogP contribution in [0.25, 0.3) is 5.78 Å². The van der Waals surface area contributed by atoms with Gasteiger partial charge in [-0.1, -0.05) is 0 Å². The van der Waals surface area contributed by atoms with Crippen molar-refractivity contribution in [2.45, 2.75) is 39.7 Å². The summed E-state index contributed by atoms with van der Waals surface area (Å²) in [5.41, 5.74) is 2.02. The Morgan fingerprint density at radius 1 is 1.31 bits per heavy atom. The fraction of sp³-hybridized carbons (Fsp3) is 0.350. The highest BCUT2D eigenvalue weighted by atomic mass is 16.6. The van der Waals surface area contributed by atoms with Crippen LogP contribution < -0.4 is 10.1 Å². The molecule has 0 aliphatic rings. The lowest BCUT2D eigenvalue weighted by Crippen LogP contribution is -2.30. The fourth-order valence-corrected chi connectivity index (χ4v) is 3.18. The zero-order chi connectivity index (χ0) is 23.4. The standard InChI is InChI=1S/C20H22N6O6/c1-11-15(12(2)25-20(23-11)21-10-22-25)6-8-18(27)32-13(3)19(28)24-16-7-5-14(31-4)9-17(16)26(29)30/h5,7,9-10,13H,6,8H2,1-4H3,(H,24,28). The zero-order valence-corrected chi connectivity index (χ0v) is 18.0. The minimum atomic E-state index is -1.15. The first-order valence-electron chi connectivity index (χ1n) is 9.69. The lowest BCUT2D eigenvalue weighted by Gasteiger charge is -2.15. The van der Waals surface area contributed by atoms with Crippen LogP contribution in [0.2, 0.25) is 0 Å². The summed E-state index contributed by atoms with van der Waals surface area (Å²) >= 11 is 0. The van der Waals surface area contributed by atoms with Crippen molar-refractivity contribution in [1.82, 2.24) is 19.6 Å². The Hall–Kier alpha value is -4.09. The van der Waals surface area contributed by atoms with E-state index in [1.807, 2.05) is 13.8 Å². The number of amides is 1. The number of rotatable bonds is 8. The monoisotopic (exact) mass is 442 g/mol. The maximum absolute atomic E-state index is 12.4. The number of benzene rings is 1. The third kappa shape index (κ3) is 4.79. The molecular formula is C20H22N6O6. The lowest BCUT2D eigenvalue weighted by molar-refractivity contribution is -0.384. The van der Waals surface area contributed by atoms with Crippen molar-refractivity contribution in [2.75, 3.05) is 12.4 Å². The number of nitro benzene ring substituents is 1. The number of hydrogen-bond donors (Lipinski definition) is 1. The molecule has 0 aliphatic carbocycles. The number of anilines is 1. The predicted octanol–water partition coefficient (Wildman–Crippen LogP) is 2.16. The van der Waals surface area contributed by atoms with Crippen LogP contribution >= 0.6 is 0 Å². The van der Waals surface area contributed by atoms with Crippen LogP contribution in [-0.2, 0) is 20.7 Å². The van der Waals surface area contributed by atoms with Crippen molar-refractivity contribution in [2.24, 2.45) is 0 Å². The molecule has 0 spiro atoms. The topological polar surface area (TPSA) is 151 Å². The van der Waals surface area contributed by atoms with Gasteiger partial charge in [-0.15, -0.1) is 0 Å². The maximum atomic E-state index is 12.4. The number of nitrogens with zero attached hydrogens (tertiary/aromatic N) is 5. The lowest BCUT2D eigenvalue weighted by atomic mass is 10.1. The Morgan fingerprint density at radius 3 is 2.75 bits per heavy atom. The van der Waals surface area contributed by atoms with Crippen LogP contribution in [0.4, 0.5) is 11.4 Å². The first-order valence-corrected chi connectivity index (χ1v) is 9.69. The van der Waals surface area contributed by atoms with Crippen molar-refractivity contribution < 1.29 is 24.0 Å². The van der Waals surface area contributed by atoms with Gasteiger partial charge in [-0.3, -0.25) is 19.7 Å². The summed E-state index contributed by atoms with van der Waals surface area (Å²) in [6.45, 7) is 5.07. The van der Waals surface area contributed by atoms with Gasteiger partial charge in [0.15, 0.2) is 6.10 Å². The molecule has 1 aromatic carbocycles. The average molecular weight is 442 g/mol. The van der Waals surface area contributed by atoms with E-state index in [1.165, 1.54) is 38.6 Å². The van der Waals surface area contributed by atoms with Crippen LogP contribution in [0.3, 0.4) is 0 Å². The Bertz CT molecular complexity index is 1190. The van der Waals surface area contributed by atoms with Gasteiger partial charge in [-0.2, -0.15) is 10.1 Å². The molecule has 32 heavy (non-hydrogen) atoms. The van der Waals surface area contributed by atoms with Crippen LogP contribution in [0.5, 0.6) is 5.75 Å². The summed E-state index contributed by atoms with van der Waals surface area (Å²) in [6.07, 6.45) is 0.615. The van der Waals surface area contributed by atoms with E-state index in [0.717, 1.165) is 17.0 Å². The minimum Gasteiger partial charge on any atom is -0.496 e. The molecular weight excluding hydrogens is 420 g/mol. The molecule has 3 rings (SSSR count). The summed E-state index contributed by atoms with van der Waals surface area (Å²) in [5.74, 6) is -0.526. The molecule has 1 amide bonds. The van der Waals surface area contributed by atoms with Crippen LogP contribution in [0.1, 0.15) is 30.3 Å². The summed E-state index contributed by atoms with van der Waals surface area (Å²) < 4.78 is 11.8. The quantitative estimate of drug-likeness (QED) is 0.314. The van der Waals surface area contributed by atoms with Crippen LogP contribution in [0, 0.1) is 24.0 Å². The van der Waals surface area contributed by atoms with Crippen molar-refractivity contribution >= 4 is 29.0 Å². The number of aromatic nitrogens is 4. The van der Waals surface area contributed by atoms with Gasteiger partial charge in [0, 0.05) is 17.8 Å². The molecule has 0 saturated heterocycles. The second-order valence-corrected chi connectivity index (χ2v) is 6.99. The number of methoxy groups -OCH3 is 1. The summed E-state index contributed by atoms with van der Waals surface area (Å²) in [4.78, 5) is 43.7. The van der Waals surface area contributed by atoms with Gasteiger partial charge >= 0.3 is 5.97 Å². The molecule has 2 heterocycles. The number of carbonyl (C=O) groups is 2. The maximum Gasteiger partial charge on any atom is 0.306 e. The van der Waals surface area contributed by atoms with E-state index in [0.29, 0.717) is 12.2 Å². The molecule has 0 fully saturated rings. The largest absolute Gasteiger partial charge is 0.496 e. The van der Waals surface area contributed by atoms with E-state index in [-0.39, 0.29) is 23.5 Å². The Balaban J connectivity index is 1.61. The van der Waals surface area contributed by atoms with E-state index in [9.17, 15) is 19.7 Å². The third-order valence-electron chi connectivity index (χ3n) is 4.90. The molecule has 0 saturated carbocycles. The Labute approximate surface area is 182 Å². The van der Waals surface area contributed by atoms with E-state index in [4.69, 9.17) is 9.47 Å². The molecule has 12 heteroatoms. The molecule has 2 aromatic heterocycles. The van der Waals surface area contributed by atoms with Crippen LogP contribution in [0.15, 0.2) is 24.5 Å². The molecule has 0 radical (unpaired) electrons. The first kappa shape index (κ1) is 22.6. The normalized spacial score (nSPS) is 11.8. The number of nitrogens with one attached hydrogen (secondary N) is 1. The predicted molar refractivity (Wildman–Crippen MR) is 112 cm³/mol. The molecule has 0 aliphatic heterocycles. The van der Waals surface area contributed by atoms with Gasteiger partial charge in [0.25, 0.3) is 17.4 Å². The molecule has 1 atom stereocenters. The number of ether oxygens (including phenoxy) is 2. The second-order valence-electron chi connectivity index (χ2n) is 6.99. The molecule has 1 N–H and O–H groups in total. The Kier molecular flexibility index (Phi) is 6.61. The molecule has 0 bridgehead atoms. The van der Waals surface area contributed by atoms with Crippen molar-refractivity contribution in [3.8, 4) is 5.75 Å². The summed E-state index contributed by atoms with van der Waals surface area (Å²) in [6, 6.07) is 4.02. The van der Waals surface area contributed by atoms with E-state index < -0.39 is 22.9 Å². The third-order valence-corrected chi connectivity index (χ3v) is 4.90. The van der Waals surface area contributed by atoms with Gasteiger partial charge in [0.05, 0.1) is 18.1 Å². The molecule has 3 aromatic rings. The van der Waals surface area contributed by atoms with Crippen molar-refractivity contribution in [3.05, 3.63) is 51.6 Å². The highest BCUT2D eigenvalue weighted by molar-refractivity contribution is 5.97. The van der Waals surface area contributed by atoms with E-state index >= 15 is 0 Å². The first-order chi connectivity index (χ1) is 15.2.